The Hall–Kier alpha value is -1.51. The molecule has 0 amide bonds. The number of hydrogen-bond donors (Lipinski definition) is 0. The van der Waals surface area contributed by atoms with E-state index in [0.717, 1.165) is 11.1 Å². The molecule has 2 nitrogen and oxygen atoms in total. The van der Waals surface area contributed by atoms with Crippen LogP contribution in [0.15, 0.2) is 42.5 Å². The van der Waals surface area contributed by atoms with E-state index in [1.54, 1.807) is 30.3 Å². The monoisotopic (exact) mass is 265 g/mol. The summed E-state index contributed by atoms with van der Waals surface area (Å²) in [5.41, 5.74) is 1.70. The van der Waals surface area contributed by atoms with Crippen molar-refractivity contribution in [3.63, 3.8) is 0 Å². The molecule has 0 unspecified atom stereocenters. The molecule has 0 bridgehead atoms. The van der Waals surface area contributed by atoms with Crippen LogP contribution in [-0.2, 0) is 0 Å². The first-order valence-electron chi connectivity index (χ1n) is 4.85. The number of benzene rings is 2. The number of carbonyl (C=O) groups excluding carboxylic acids is 1. The van der Waals surface area contributed by atoms with Gasteiger partial charge in [0.15, 0.2) is 0 Å². The Balaban J connectivity index is 2.49. The molecule has 0 aromatic heterocycles. The molecule has 0 spiro atoms. The Morgan fingerprint density at radius 2 is 1.65 bits per heavy atom. The Morgan fingerprint density at radius 3 is 2.29 bits per heavy atom. The molecule has 0 fully saturated rings. The summed E-state index contributed by atoms with van der Waals surface area (Å²) >= 11 is 11.7. The van der Waals surface area contributed by atoms with Crippen LogP contribution in [0.25, 0.3) is 11.1 Å². The zero-order valence-electron chi connectivity index (χ0n) is 8.61. The van der Waals surface area contributed by atoms with Gasteiger partial charge in [-0.25, -0.2) is 0 Å². The van der Waals surface area contributed by atoms with Gasteiger partial charge < -0.3 is 9.90 Å². The van der Waals surface area contributed by atoms with Gasteiger partial charge in [-0.05, 0) is 34.9 Å². The molecule has 0 saturated heterocycles. The number of carbonyl (C=O) groups is 1. The fourth-order valence-electron chi connectivity index (χ4n) is 1.50. The minimum Gasteiger partial charge on any atom is -0.545 e. The van der Waals surface area contributed by atoms with Crippen LogP contribution in [0.4, 0.5) is 0 Å². The molecule has 0 aliphatic carbocycles. The summed E-state index contributed by atoms with van der Waals surface area (Å²) in [5.74, 6) is -1.20. The van der Waals surface area contributed by atoms with Gasteiger partial charge in [-0.2, -0.15) is 0 Å². The molecule has 2 aromatic rings. The molecule has 2 rings (SSSR count). The molecule has 0 N–H and O–H groups in total. The van der Waals surface area contributed by atoms with Crippen molar-refractivity contribution in [2.75, 3.05) is 0 Å². The summed E-state index contributed by atoms with van der Waals surface area (Å²) in [4.78, 5) is 10.7. The molecule has 0 radical (unpaired) electrons. The summed E-state index contributed by atoms with van der Waals surface area (Å²) in [7, 11) is 0. The third-order valence-corrected chi connectivity index (χ3v) is 3.09. The smallest absolute Gasteiger partial charge is 0.0715 e. The van der Waals surface area contributed by atoms with Crippen molar-refractivity contribution in [1.82, 2.24) is 0 Å². The van der Waals surface area contributed by atoms with Crippen molar-refractivity contribution in [3.05, 3.63) is 58.1 Å². The lowest BCUT2D eigenvalue weighted by atomic mass is 10.0. The molecule has 86 valence electrons. The van der Waals surface area contributed by atoms with E-state index < -0.39 is 5.97 Å². The highest BCUT2D eigenvalue weighted by Crippen LogP contribution is 2.28. The second-order valence-corrected chi connectivity index (χ2v) is 4.31. The van der Waals surface area contributed by atoms with Crippen LogP contribution in [-0.4, -0.2) is 5.97 Å². The van der Waals surface area contributed by atoms with E-state index in [4.69, 9.17) is 23.2 Å². The second-order valence-electron chi connectivity index (χ2n) is 3.50. The van der Waals surface area contributed by atoms with E-state index in [2.05, 4.69) is 0 Å². The second kappa shape index (κ2) is 4.78. The molecule has 0 aliphatic rings. The molecule has 0 heterocycles. The maximum atomic E-state index is 10.7. The minimum absolute atomic E-state index is 0.133. The van der Waals surface area contributed by atoms with Crippen LogP contribution in [0.1, 0.15) is 10.4 Å². The van der Waals surface area contributed by atoms with E-state index >= 15 is 0 Å². The summed E-state index contributed by atoms with van der Waals surface area (Å²) in [5, 5.41) is 11.6. The third-order valence-electron chi connectivity index (χ3n) is 2.35. The van der Waals surface area contributed by atoms with Crippen LogP contribution in [0, 0.1) is 0 Å². The average molecular weight is 266 g/mol. The van der Waals surface area contributed by atoms with Crippen LogP contribution in [0.3, 0.4) is 0 Å². The summed E-state index contributed by atoms with van der Waals surface area (Å²) < 4.78 is 0. The minimum atomic E-state index is -1.20. The van der Waals surface area contributed by atoms with Gasteiger partial charge in [-0.3, -0.25) is 0 Å². The predicted molar refractivity (Wildman–Crippen MR) is 66.2 cm³/mol. The van der Waals surface area contributed by atoms with Crippen molar-refractivity contribution in [1.29, 1.82) is 0 Å². The van der Waals surface area contributed by atoms with Gasteiger partial charge in [-0.1, -0.05) is 47.5 Å². The van der Waals surface area contributed by atoms with E-state index in [9.17, 15) is 9.90 Å². The van der Waals surface area contributed by atoms with E-state index in [1.807, 2.05) is 0 Å². The maximum absolute atomic E-state index is 10.7. The quantitative estimate of drug-likeness (QED) is 0.838. The predicted octanol–water partition coefficient (Wildman–Crippen LogP) is 3.02. The Labute approximate surface area is 108 Å². The fourth-order valence-corrected chi connectivity index (χ4v) is 1.80. The summed E-state index contributed by atoms with van der Waals surface area (Å²) in [6.07, 6.45) is 0. The molecular formula is C13H7Cl2O2-. The van der Waals surface area contributed by atoms with E-state index in [0.29, 0.717) is 10.0 Å². The molecule has 0 atom stereocenters. The number of aromatic carboxylic acids is 1. The lowest BCUT2D eigenvalue weighted by Crippen LogP contribution is -2.22. The third kappa shape index (κ3) is 2.60. The lowest BCUT2D eigenvalue weighted by Gasteiger charge is -2.07. The molecule has 0 saturated carbocycles. The maximum Gasteiger partial charge on any atom is 0.0715 e. The number of rotatable bonds is 2. The topological polar surface area (TPSA) is 40.1 Å². The molecular weight excluding hydrogens is 259 g/mol. The summed E-state index contributed by atoms with van der Waals surface area (Å²) in [6.45, 7) is 0. The zero-order valence-corrected chi connectivity index (χ0v) is 10.1. The first-order chi connectivity index (χ1) is 8.08. The lowest BCUT2D eigenvalue weighted by molar-refractivity contribution is -0.255. The molecule has 0 aliphatic heterocycles. The van der Waals surface area contributed by atoms with E-state index in [-0.39, 0.29) is 5.56 Å². The van der Waals surface area contributed by atoms with Gasteiger partial charge in [0.05, 0.1) is 16.0 Å². The van der Waals surface area contributed by atoms with Crippen LogP contribution in [0.2, 0.25) is 10.0 Å². The van der Waals surface area contributed by atoms with Crippen molar-refractivity contribution >= 4 is 29.2 Å². The molecule has 2 aromatic carbocycles. The SMILES string of the molecule is O=C([O-])c1cccc(-c2ccc(Cl)c(Cl)c2)c1. The highest BCUT2D eigenvalue weighted by Gasteiger charge is 2.03. The first kappa shape index (κ1) is 12.0. The fraction of sp³-hybridized carbons (Fsp3) is 0. The largest absolute Gasteiger partial charge is 0.545 e. The Morgan fingerprint density at radius 1 is 0.941 bits per heavy atom. The van der Waals surface area contributed by atoms with Gasteiger partial charge in [0.2, 0.25) is 0 Å². The Kier molecular flexibility index (Phi) is 3.36. The van der Waals surface area contributed by atoms with E-state index in [1.165, 1.54) is 12.1 Å². The van der Waals surface area contributed by atoms with Gasteiger partial charge in [-0.15, -0.1) is 0 Å². The van der Waals surface area contributed by atoms with Crippen molar-refractivity contribution in [3.8, 4) is 11.1 Å². The van der Waals surface area contributed by atoms with Gasteiger partial charge >= 0.3 is 0 Å². The number of halogens is 2. The number of carboxylic acids is 1. The number of carboxylic acid groups (broad SMARTS) is 1. The van der Waals surface area contributed by atoms with Crippen LogP contribution in [0.5, 0.6) is 0 Å². The highest BCUT2D eigenvalue weighted by atomic mass is 35.5. The Bertz CT molecular complexity index is 579. The average Bonchev–Trinajstić information content (AvgIpc) is 2.33. The van der Waals surface area contributed by atoms with Crippen LogP contribution >= 0.6 is 23.2 Å². The normalized spacial score (nSPS) is 10.2. The first-order valence-corrected chi connectivity index (χ1v) is 5.60. The van der Waals surface area contributed by atoms with Gasteiger partial charge in [0.25, 0.3) is 0 Å². The number of hydrogen-bond acceptors (Lipinski definition) is 2. The van der Waals surface area contributed by atoms with Crippen LogP contribution < -0.4 is 5.11 Å². The molecule has 17 heavy (non-hydrogen) atoms. The molecule has 4 heteroatoms. The van der Waals surface area contributed by atoms with Crippen molar-refractivity contribution in [2.45, 2.75) is 0 Å². The van der Waals surface area contributed by atoms with Gasteiger partial charge in [0.1, 0.15) is 0 Å². The van der Waals surface area contributed by atoms with Crippen molar-refractivity contribution in [2.24, 2.45) is 0 Å². The summed E-state index contributed by atoms with van der Waals surface area (Å²) in [6, 6.07) is 11.6. The standard InChI is InChI=1S/C13H8Cl2O2/c14-11-5-4-9(7-12(11)15)8-2-1-3-10(6-8)13(16)17/h1-7H,(H,16,17)/p-1. The zero-order chi connectivity index (χ0) is 12.4. The van der Waals surface area contributed by atoms with Gasteiger partial charge in [0, 0.05) is 0 Å². The highest BCUT2D eigenvalue weighted by molar-refractivity contribution is 6.42. The van der Waals surface area contributed by atoms with Crippen molar-refractivity contribution < 1.29 is 9.90 Å².